The van der Waals surface area contributed by atoms with E-state index in [-0.39, 0.29) is 5.91 Å². The molecule has 6 nitrogen and oxygen atoms in total. The first-order valence-electron chi connectivity index (χ1n) is 8.90. The molecule has 0 unspecified atom stereocenters. The molecular formula is C20H27N3O3S. The van der Waals surface area contributed by atoms with Gasteiger partial charge in [0.1, 0.15) is 0 Å². The summed E-state index contributed by atoms with van der Waals surface area (Å²) < 4.78 is 26.7. The zero-order valence-electron chi connectivity index (χ0n) is 16.5. The number of benzene rings is 2. The highest BCUT2D eigenvalue weighted by atomic mass is 32.2. The first kappa shape index (κ1) is 20.9. The summed E-state index contributed by atoms with van der Waals surface area (Å²) in [6.07, 6.45) is 1.66. The van der Waals surface area contributed by atoms with E-state index in [0.29, 0.717) is 11.3 Å². The summed E-state index contributed by atoms with van der Waals surface area (Å²) in [6, 6.07) is 12.5. The zero-order valence-corrected chi connectivity index (χ0v) is 17.3. The number of nitrogens with one attached hydrogen (secondary N) is 1. The van der Waals surface area contributed by atoms with E-state index in [0.717, 1.165) is 34.0 Å². The molecule has 1 N–H and O–H groups in total. The summed E-state index contributed by atoms with van der Waals surface area (Å²) in [5, 5.41) is 3.02. The second-order valence-corrected chi connectivity index (χ2v) is 8.59. The van der Waals surface area contributed by atoms with Gasteiger partial charge in [0.15, 0.2) is 0 Å². The van der Waals surface area contributed by atoms with Gasteiger partial charge in [-0.05, 0) is 48.2 Å². The van der Waals surface area contributed by atoms with Gasteiger partial charge in [-0.15, -0.1) is 0 Å². The lowest BCUT2D eigenvalue weighted by molar-refractivity contribution is 0.102. The number of aryl methyl sites for hydroxylation is 2. The van der Waals surface area contributed by atoms with Crippen LogP contribution in [0.2, 0.25) is 0 Å². The van der Waals surface area contributed by atoms with Crippen molar-refractivity contribution in [2.24, 2.45) is 0 Å². The number of amides is 1. The van der Waals surface area contributed by atoms with Crippen molar-refractivity contribution in [3.63, 3.8) is 0 Å². The molecule has 1 amide bonds. The molecule has 0 aliphatic heterocycles. The average Bonchev–Trinajstić information content (AvgIpc) is 2.67. The van der Waals surface area contributed by atoms with Crippen molar-refractivity contribution in [1.82, 2.24) is 4.31 Å². The van der Waals surface area contributed by atoms with Gasteiger partial charge >= 0.3 is 10.2 Å². The van der Waals surface area contributed by atoms with Crippen LogP contribution in [0.3, 0.4) is 0 Å². The average molecular weight is 390 g/mol. The van der Waals surface area contributed by atoms with E-state index >= 15 is 0 Å². The van der Waals surface area contributed by atoms with Crippen molar-refractivity contribution in [2.45, 2.75) is 26.7 Å². The standard InChI is InChI=1S/C20H27N3O3S/c1-6-15-9-8-10-16(7-2)19(15)21-20(24)17-11-13-18(14-12-17)23(5)27(25,26)22(3)4/h8-14H,6-7H2,1-5H3,(H,21,24). The highest BCUT2D eigenvalue weighted by molar-refractivity contribution is 7.90. The number of anilines is 2. The zero-order chi connectivity index (χ0) is 20.2. The molecule has 2 rings (SSSR count). The number of nitrogens with zero attached hydrogens (tertiary/aromatic N) is 2. The van der Waals surface area contributed by atoms with Gasteiger partial charge in [-0.25, -0.2) is 0 Å². The van der Waals surface area contributed by atoms with E-state index in [4.69, 9.17) is 0 Å². The molecular weight excluding hydrogens is 362 g/mol. The monoisotopic (exact) mass is 389 g/mol. The number of hydrogen-bond donors (Lipinski definition) is 1. The normalized spacial score (nSPS) is 11.5. The molecule has 0 aliphatic rings. The van der Waals surface area contributed by atoms with E-state index in [1.165, 1.54) is 25.4 Å². The Kier molecular flexibility index (Phi) is 6.62. The first-order chi connectivity index (χ1) is 12.7. The van der Waals surface area contributed by atoms with Gasteiger partial charge in [-0.3, -0.25) is 9.10 Å². The number of carbonyl (C=O) groups excluding carboxylic acids is 1. The van der Waals surface area contributed by atoms with Crippen LogP contribution >= 0.6 is 0 Å². The number of rotatable bonds is 7. The van der Waals surface area contributed by atoms with Crippen LogP contribution in [0.1, 0.15) is 35.3 Å². The molecule has 146 valence electrons. The molecule has 0 bridgehead atoms. The fourth-order valence-corrected chi connectivity index (χ4v) is 3.67. The molecule has 7 heteroatoms. The maximum Gasteiger partial charge on any atom is 0.303 e. The lowest BCUT2D eigenvalue weighted by atomic mass is 10.0. The maximum absolute atomic E-state index is 12.7. The van der Waals surface area contributed by atoms with Crippen molar-refractivity contribution in [1.29, 1.82) is 0 Å². The maximum atomic E-state index is 12.7. The Morgan fingerprint density at radius 1 is 0.926 bits per heavy atom. The van der Waals surface area contributed by atoms with Crippen molar-refractivity contribution >= 4 is 27.5 Å². The highest BCUT2D eigenvalue weighted by Crippen LogP contribution is 2.24. The van der Waals surface area contributed by atoms with Crippen LogP contribution in [0, 0.1) is 0 Å². The molecule has 0 spiro atoms. The van der Waals surface area contributed by atoms with Gasteiger partial charge < -0.3 is 5.32 Å². The molecule has 0 aromatic heterocycles. The fourth-order valence-electron chi connectivity index (χ4n) is 2.79. The van der Waals surface area contributed by atoms with Crippen molar-refractivity contribution < 1.29 is 13.2 Å². The van der Waals surface area contributed by atoms with E-state index in [2.05, 4.69) is 19.2 Å². The third kappa shape index (κ3) is 4.48. The van der Waals surface area contributed by atoms with Gasteiger partial charge in [0.05, 0.1) is 5.69 Å². The fraction of sp³-hybridized carbons (Fsp3) is 0.350. The second-order valence-electron chi connectivity index (χ2n) is 6.42. The largest absolute Gasteiger partial charge is 0.321 e. The lowest BCUT2D eigenvalue weighted by Crippen LogP contribution is -2.37. The van der Waals surface area contributed by atoms with E-state index < -0.39 is 10.2 Å². The molecule has 2 aromatic carbocycles. The first-order valence-corrected chi connectivity index (χ1v) is 10.3. The Morgan fingerprint density at radius 2 is 1.44 bits per heavy atom. The smallest absolute Gasteiger partial charge is 0.303 e. The summed E-state index contributed by atoms with van der Waals surface area (Å²) in [5.74, 6) is -0.213. The molecule has 2 aromatic rings. The molecule has 0 atom stereocenters. The van der Waals surface area contributed by atoms with E-state index in [1.807, 2.05) is 18.2 Å². The predicted molar refractivity (Wildman–Crippen MR) is 111 cm³/mol. The van der Waals surface area contributed by atoms with Crippen LogP contribution in [0.15, 0.2) is 42.5 Å². The minimum absolute atomic E-state index is 0.213. The van der Waals surface area contributed by atoms with Crippen molar-refractivity contribution in [3.05, 3.63) is 59.2 Å². The third-order valence-electron chi connectivity index (χ3n) is 4.54. The van der Waals surface area contributed by atoms with Crippen LogP contribution in [0.5, 0.6) is 0 Å². The summed E-state index contributed by atoms with van der Waals surface area (Å²) in [7, 11) is 0.871. The topological polar surface area (TPSA) is 69.7 Å². The molecule has 0 saturated carbocycles. The lowest BCUT2D eigenvalue weighted by Gasteiger charge is -2.23. The van der Waals surface area contributed by atoms with Crippen LogP contribution in [-0.4, -0.2) is 39.8 Å². The molecule has 0 aliphatic carbocycles. The van der Waals surface area contributed by atoms with Gasteiger partial charge in [-0.2, -0.15) is 12.7 Å². The van der Waals surface area contributed by atoms with E-state index in [1.54, 1.807) is 24.3 Å². The SMILES string of the molecule is CCc1cccc(CC)c1NC(=O)c1ccc(N(C)S(=O)(=O)N(C)C)cc1. The van der Waals surface area contributed by atoms with Gasteiger partial charge in [-0.1, -0.05) is 32.0 Å². The van der Waals surface area contributed by atoms with Gasteiger partial charge in [0.25, 0.3) is 5.91 Å². The Bertz CT molecular complexity index is 884. The Hall–Kier alpha value is -2.38. The molecule has 0 heterocycles. The van der Waals surface area contributed by atoms with Crippen molar-refractivity contribution in [3.8, 4) is 0 Å². The number of hydrogen-bond acceptors (Lipinski definition) is 3. The van der Waals surface area contributed by atoms with E-state index in [9.17, 15) is 13.2 Å². The summed E-state index contributed by atoms with van der Waals surface area (Å²) >= 11 is 0. The predicted octanol–water partition coefficient (Wildman–Crippen LogP) is 3.31. The molecule has 0 radical (unpaired) electrons. The Labute approximate surface area is 162 Å². The van der Waals surface area contributed by atoms with Gasteiger partial charge in [0.2, 0.25) is 0 Å². The summed E-state index contributed by atoms with van der Waals surface area (Å²) in [6.45, 7) is 4.11. The summed E-state index contributed by atoms with van der Waals surface area (Å²) in [4.78, 5) is 12.7. The van der Waals surface area contributed by atoms with Gasteiger partial charge in [0, 0.05) is 32.4 Å². The molecule has 27 heavy (non-hydrogen) atoms. The second kappa shape index (κ2) is 8.54. The highest BCUT2D eigenvalue weighted by Gasteiger charge is 2.21. The summed E-state index contributed by atoms with van der Waals surface area (Å²) in [5.41, 5.74) is 4.02. The quantitative estimate of drug-likeness (QED) is 0.790. The minimum atomic E-state index is -3.56. The Morgan fingerprint density at radius 3 is 1.89 bits per heavy atom. The van der Waals surface area contributed by atoms with Crippen LogP contribution in [0.25, 0.3) is 0 Å². The Balaban J connectivity index is 2.25. The van der Waals surface area contributed by atoms with Crippen LogP contribution in [-0.2, 0) is 23.1 Å². The van der Waals surface area contributed by atoms with Crippen LogP contribution < -0.4 is 9.62 Å². The van der Waals surface area contributed by atoms with Crippen molar-refractivity contribution in [2.75, 3.05) is 30.8 Å². The molecule has 0 fully saturated rings. The van der Waals surface area contributed by atoms with Crippen LogP contribution in [0.4, 0.5) is 11.4 Å². The third-order valence-corrected chi connectivity index (χ3v) is 6.36. The number of carbonyl (C=O) groups is 1. The number of para-hydroxylation sites is 1. The minimum Gasteiger partial charge on any atom is -0.321 e. The molecule has 0 saturated heterocycles.